The Morgan fingerprint density at radius 1 is 1.35 bits per heavy atom. The lowest BCUT2D eigenvalue weighted by atomic mass is 9.87. The molecule has 3 unspecified atom stereocenters. The Bertz CT molecular complexity index is 545. The van der Waals surface area contributed by atoms with E-state index in [-0.39, 0.29) is 11.4 Å². The maximum absolute atomic E-state index is 13.3. The third-order valence-corrected chi connectivity index (χ3v) is 4.94. The molecule has 0 radical (unpaired) electrons. The summed E-state index contributed by atoms with van der Waals surface area (Å²) in [6.45, 7) is 3.12. The number of ether oxygens (including phenoxy) is 1. The number of halogens is 1. The van der Waals surface area contributed by atoms with Crippen LogP contribution in [0.15, 0.2) is 18.2 Å². The van der Waals surface area contributed by atoms with Gasteiger partial charge in [-0.3, -0.25) is 4.90 Å². The van der Waals surface area contributed by atoms with E-state index in [4.69, 9.17) is 4.74 Å². The molecule has 2 heterocycles. The lowest BCUT2D eigenvalue weighted by Gasteiger charge is -2.38. The van der Waals surface area contributed by atoms with E-state index in [1.807, 2.05) is 0 Å². The molecule has 1 saturated heterocycles. The van der Waals surface area contributed by atoms with Crippen molar-refractivity contribution in [1.29, 1.82) is 0 Å². The monoisotopic (exact) mass is 277 g/mol. The fourth-order valence-corrected chi connectivity index (χ4v) is 3.94. The molecule has 4 rings (SSSR count). The molecule has 3 nitrogen and oxygen atoms in total. The van der Waals surface area contributed by atoms with Crippen LogP contribution in [-0.2, 0) is 0 Å². The molecule has 108 valence electrons. The predicted octanol–water partition coefficient (Wildman–Crippen LogP) is 2.64. The van der Waals surface area contributed by atoms with Crippen molar-refractivity contribution in [2.45, 2.75) is 56.4 Å². The molecule has 1 aliphatic carbocycles. The van der Waals surface area contributed by atoms with E-state index in [9.17, 15) is 9.50 Å². The molecule has 0 aromatic heterocycles. The molecule has 2 aliphatic heterocycles. The Labute approximate surface area is 118 Å². The number of aliphatic hydroxyl groups is 1. The van der Waals surface area contributed by atoms with Crippen molar-refractivity contribution < 1.29 is 14.2 Å². The molecule has 2 fully saturated rings. The molecule has 1 aromatic carbocycles. The quantitative estimate of drug-likeness (QED) is 0.856. The van der Waals surface area contributed by atoms with Crippen molar-refractivity contribution in [3.63, 3.8) is 0 Å². The van der Waals surface area contributed by atoms with Gasteiger partial charge in [0.25, 0.3) is 0 Å². The Morgan fingerprint density at radius 2 is 2.15 bits per heavy atom. The lowest BCUT2D eigenvalue weighted by molar-refractivity contribution is -0.00798. The molecule has 20 heavy (non-hydrogen) atoms. The highest BCUT2D eigenvalue weighted by Gasteiger charge is 2.51. The normalized spacial score (nSPS) is 37.0. The van der Waals surface area contributed by atoms with Gasteiger partial charge in [0, 0.05) is 37.0 Å². The van der Waals surface area contributed by atoms with E-state index in [0.29, 0.717) is 29.8 Å². The molecule has 1 aromatic rings. The topological polar surface area (TPSA) is 32.7 Å². The lowest BCUT2D eigenvalue weighted by Crippen LogP contribution is -2.44. The standard InChI is InChI=1S/C16H20FNO2/c1-10-7-16(9-18(10)12-3-4-12)8-14(19)13-6-11(17)2-5-15(13)20-16/h2,5-6,10,12,14,19H,3-4,7-9H2,1H3. The van der Waals surface area contributed by atoms with Crippen LogP contribution in [0.25, 0.3) is 0 Å². The summed E-state index contributed by atoms with van der Waals surface area (Å²) in [7, 11) is 0. The molecular weight excluding hydrogens is 257 g/mol. The minimum atomic E-state index is -0.624. The summed E-state index contributed by atoms with van der Waals surface area (Å²) >= 11 is 0. The summed E-state index contributed by atoms with van der Waals surface area (Å²) in [6, 6.07) is 5.65. The van der Waals surface area contributed by atoms with E-state index < -0.39 is 6.10 Å². The van der Waals surface area contributed by atoms with Gasteiger partial charge in [-0.05, 0) is 38.0 Å². The first-order chi connectivity index (χ1) is 9.56. The summed E-state index contributed by atoms with van der Waals surface area (Å²) < 4.78 is 19.5. The average Bonchev–Trinajstić information content (AvgIpc) is 3.17. The predicted molar refractivity (Wildman–Crippen MR) is 73.1 cm³/mol. The van der Waals surface area contributed by atoms with Gasteiger partial charge in [0.15, 0.2) is 0 Å². The highest BCUT2D eigenvalue weighted by molar-refractivity contribution is 5.39. The van der Waals surface area contributed by atoms with Gasteiger partial charge in [-0.1, -0.05) is 0 Å². The molecule has 1 saturated carbocycles. The van der Waals surface area contributed by atoms with Crippen molar-refractivity contribution in [1.82, 2.24) is 4.90 Å². The van der Waals surface area contributed by atoms with Gasteiger partial charge in [-0.15, -0.1) is 0 Å². The summed E-state index contributed by atoms with van der Waals surface area (Å²) in [5.41, 5.74) is 0.292. The van der Waals surface area contributed by atoms with Crippen molar-refractivity contribution in [2.75, 3.05) is 6.54 Å². The van der Waals surface area contributed by atoms with Crippen LogP contribution >= 0.6 is 0 Å². The number of rotatable bonds is 1. The Hall–Kier alpha value is -1.13. The van der Waals surface area contributed by atoms with Crippen molar-refractivity contribution in [3.05, 3.63) is 29.6 Å². The summed E-state index contributed by atoms with van der Waals surface area (Å²) in [6.07, 6.45) is 3.45. The SMILES string of the molecule is CC1CC2(CC(O)c3cc(F)ccc3O2)CN1C1CC1. The molecule has 3 aliphatic rings. The third-order valence-electron chi connectivity index (χ3n) is 4.94. The first kappa shape index (κ1) is 12.6. The third kappa shape index (κ3) is 1.93. The second-order valence-corrected chi connectivity index (χ2v) is 6.64. The van der Waals surface area contributed by atoms with E-state index in [0.717, 1.165) is 13.0 Å². The van der Waals surface area contributed by atoms with Crippen molar-refractivity contribution in [2.24, 2.45) is 0 Å². The van der Waals surface area contributed by atoms with E-state index in [2.05, 4.69) is 11.8 Å². The van der Waals surface area contributed by atoms with Crippen LogP contribution in [0.1, 0.15) is 44.3 Å². The largest absolute Gasteiger partial charge is 0.485 e. The molecule has 4 heteroatoms. The fraction of sp³-hybridized carbons (Fsp3) is 0.625. The Balaban J connectivity index is 1.64. The smallest absolute Gasteiger partial charge is 0.126 e. The second-order valence-electron chi connectivity index (χ2n) is 6.64. The van der Waals surface area contributed by atoms with Gasteiger partial charge in [-0.2, -0.15) is 0 Å². The van der Waals surface area contributed by atoms with Crippen LogP contribution in [0.2, 0.25) is 0 Å². The second kappa shape index (κ2) is 4.18. The van der Waals surface area contributed by atoms with Crippen molar-refractivity contribution >= 4 is 0 Å². The van der Waals surface area contributed by atoms with E-state index in [1.165, 1.54) is 25.0 Å². The van der Waals surface area contributed by atoms with Crippen molar-refractivity contribution in [3.8, 4) is 5.75 Å². The van der Waals surface area contributed by atoms with Crippen LogP contribution < -0.4 is 4.74 Å². The first-order valence-electron chi connectivity index (χ1n) is 7.49. The summed E-state index contributed by atoms with van der Waals surface area (Å²) in [5.74, 6) is 0.330. The van der Waals surface area contributed by atoms with E-state index in [1.54, 1.807) is 6.07 Å². The van der Waals surface area contributed by atoms with Crippen LogP contribution in [0.4, 0.5) is 4.39 Å². The number of hydrogen-bond donors (Lipinski definition) is 1. The van der Waals surface area contributed by atoms with Crippen LogP contribution in [0.5, 0.6) is 5.75 Å². The first-order valence-corrected chi connectivity index (χ1v) is 7.49. The molecule has 3 atom stereocenters. The molecule has 0 bridgehead atoms. The Kier molecular flexibility index (Phi) is 2.63. The maximum atomic E-state index is 13.3. The van der Waals surface area contributed by atoms with Gasteiger partial charge < -0.3 is 9.84 Å². The van der Waals surface area contributed by atoms with Gasteiger partial charge in [0.1, 0.15) is 17.2 Å². The zero-order chi connectivity index (χ0) is 13.9. The number of hydrogen-bond acceptors (Lipinski definition) is 3. The van der Waals surface area contributed by atoms with Crippen LogP contribution in [0, 0.1) is 5.82 Å². The van der Waals surface area contributed by atoms with Gasteiger partial charge in [0.05, 0.1) is 6.10 Å². The zero-order valence-electron chi connectivity index (χ0n) is 11.7. The van der Waals surface area contributed by atoms with Gasteiger partial charge in [0.2, 0.25) is 0 Å². The number of nitrogens with zero attached hydrogens (tertiary/aromatic N) is 1. The zero-order valence-corrected chi connectivity index (χ0v) is 11.7. The molecule has 1 N–H and O–H groups in total. The van der Waals surface area contributed by atoms with Crippen LogP contribution in [0.3, 0.4) is 0 Å². The van der Waals surface area contributed by atoms with Gasteiger partial charge >= 0.3 is 0 Å². The van der Waals surface area contributed by atoms with Gasteiger partial charge in [-0.25, -0.2) is 4.39 Å². The maximum Gasteiger partial charge on any atom is 0.126 e. The molecule has 1 spiro atoms. The number of aliphatic hydroxyl groups excluding tert-OH is 1. The fourth-order valence-electron chi connectivity index (χ4n) is 3.94. The van der Waals surface area contributed by atoms with E-state index >= 15 is 0 Å². The minimum absolute atomic E-state index is 0.299. The highest BCUT2D eigenvalue weighted by atomic mass is 19.1. The number of likely N-dealkylation sites (tertiary alicyclic amines) is 1. The number of fused-ring (bicyclic) bond motifs is 1. The summed E-state index contributed by atoms with van der Waals surface area (Å²) in [4.78, 5) is 2.52. The number of benzene rings is 1. The van der Waals surface area contributed by atoms with Crippen LogP contribution in [-0.4, -0.2) is 34.2 Å². The molecular formula is C16H20FNO2. The average molecular weight is 277 g/mol. The summed E-state index contributed by atoms with van der Waals surface area (Å²) in [5, 5.41) is 10.4. The highest BCUT2D eigenvalue weighted by Crippen LogP contribution is 2.47. The Morgan fingerprint density at radius 3 is 2.90 bits per heavy atom. The molecule has 0 amide bonds. The minimum Gasteiger partial charge on any atom is -0.485 e.